The minimum absolute atomic E-state index is 0.0319. The molecule has 0 aliphatic rings. The van der Waals surface area contributed by atoms with Crippen LogP contribution in [0.4, 0.5) is 5.69 Å². The molecule has 1 aromatic heterocycles. The summed E-state index contributed by atoms with van der Waals surface area (Å²) >= 11 is 0. The van der Waals surface area contributed by atoms with Crippen LogP contribution in [0.25, 0.3) is 16.9 Å². The van der Waals surface area contributed by atoms with Gasteiger partial charge in [0.15, 0.2) is 0 Å². The average molecular weight is 278 g/mol. The average Bonchev–Trinajstić information content (AvgIpc) is 2.93. The van der Waals surface area contributed by atoms with E-state index >= 15 is 0 Å². The predicted octanol–water partition coefficient (Wildman–Crippen LogP) is 1.48. The lowest BCUT2D eigenvalue weighted by atomic mass is 10.1. The van der Waals surface area contributed by atoms with Crippen molar-refractivity contribution in [3.8, 4) is 16.9 Å². The highest BCUT2D eigenvalue weighted by Gasteiger charge is 2.13. The highest BCUT2D eigenvalue weighted by Crippen LogP contribution is 2.24. The molecule has 5 heteroatoms. The first-order valence-corrected chi connectivity index (χ1v) is 6.37. The number of carboxylic acid groups (broad SMARTS) is 1. The molecule has 0 amide bonds. The molecule has 0 unspecified atom stereocenters. The Morgan fingerprint density at radius 1 is 1.10 bits per heavy atom. The van der Waals surface area contributed by atoms with Crippen LogP contribution in [0.2, 0.25) is 0 Å². The largest absolute Gasteiger partial charge is 0.545 e. The van der Waals surface area contributed by atoms with E-state index < -0.39 is 5.97 Å². The van der Waals surface area contributed by atoms with Crippen molar-refractivity contribution in [1.82, 2.24) is 9.78 Å². The quantitative estimate of drug-likeness (QED) is 0.735. The summed E-state index contributed by atoms with van der Waals surface area (Å²) in [5.41, 5.74) is 8.08. The number of nitrogens with two attached hydrogens (primary N) is 1. The number of hydrogen-bond acceptors (Lipinski definition) is 4. The molecular weight excluding hydrogens is 266 g/mol. The van der Waals surface area contributed by atoms with Gasteiger partial charge in [0.2, 0.25) is 0 Å². The first-order valence-electron chi connectivity index (χ1n) is 6.37. The molecule has 0 radical (unpaired) electrons. The van der Waals surface area contributed by atoms with Gasteiger partial charge in [0.25, 0.3) is 0 Å². The second-order valence-electron chi connectivity index (χ2n) is 4.58. The smallest absolute Gasteiger partial charge is 0.102 e. The highest BCUT2D eigenvalue weighted by atomic mass is 16.4. The first-order chi connectivity index (χ1) is 10.1. The summed E-state index contributed by atoms with van der Waals surface area (Å²) < 4.78 is 1.52. The SMILES string of the molecule is Nc1cccc(-c2nn(-c3ccccc3)cc2C(=O)[O-])c1. The molecule has 0 fully saturated rings. The van der Waals surface area contributed by atoms with Gasteiger partial charge in [-0.3, -0.25) is 0 Å². The van der Waals surface area contributed by atoms with Crippen LogP contribution in [0.15, 0.2) is 60.8 Å². The fourth-order valence-corrected chi connectivity index (χ4v) is 2.14. The van der Waals surface area contributed by atoms with Gasteiger partial charge in [0.05, 0.1) is 11.7 Å². The summed E-state index contributed by atoms with van der Waals surface area (Å²) in [7, 11) is 0. The van der Waals surface area contributed by atoms with E-state index in [1.807, 2.05) is 30.3 Å². The van der Waals surface area contributed by atoms with Gasteiger partial charge in [-0.05, 0) is 24.3 Å². The molecule has 3 aromatic rings. The number of nitrogen functional groups attached to an aromatic ring is 1. The molecular formula is C16H12N3O2-. The van der Waals surface area contributed by atoms with Crippen molar-refractivity contribution in [3.63, 3.8) is 0 Å². The number of para-hydroxylation sites is 1. The van der Waals surface area contributed by atoms with Crippen molar-refractivity contribution in [2.24, 2.45) is 0 Å². The number of carbonyl (C=O) groups excluding carboxylic acids is 1. The molecule has 2 aromatic carbocycles. The number of benzene rings is 2. The minimum Gasteiger partial charge on any atom is -0.545 e. The summed E-state index contributed by atoms with van der Waals surface area (Å²) in [5.74, 6) is -1.27. The zero-order chi connectivity index (χ0) is 14.8. The Kier molecular flexibility index (Phi) is 3.16. The topological polar surface area (TPSA) is 84.0 Å². The zero-order valence-corrected chi connectivity index (χ0v) is 11.1. The van der Waals surface area contributed by atoms with Crippen molar-refractivity contribution in [1.29, 1.82) is 0 Å². The molecule has 104 valence electrons. The zero-order valence-electron chi connectivity index (χ0n) is 11.1. The predicted molar refractivity (Wildman–Crippen MR) is 77.7 cm³/mol. The van der Waals surface area contributed by atoms with Crippen LogP contribution in [0.1, 0.15) is 10.4 Å². The molecule has 21 heavy (non-hydrogen) atoms. The van der Waals surface area contributed by atoms with Crippen molar-refractivity contribution in [2.75, 3.05) is 5.73 Å². The summed E-state index contributed by atoms with van der Waals surface area (Å²) in [5, 5.41) is 15.7. The van der Waals surface area contributed by atoms with Crippen molar-refractivity contribution >= 4 is 11.7 Å². The van der Waals surface area contributed by atoms with Crippen LogP contribution in [0, 0.1) is 0 Å². The van der Waals surface area contributed by atoms with Crippen LogP contribution >= 0.6 is 0 Å². The standard InChI is InChI=1S/C16H13N3O2/c17-12-6-4-5-11(9-12)15-14(16(20)21)10-19(18-15)13-7-2-1-3-8-13/h1-10H,17H2,(H,20,21)/p-1. The van der Waals surface area contributed by atoms with E-state index in [1.54, 1.807) is 24.3 Å². The van der Waals surface area contributed by atoms with Crippen LogP contribution in [0.5, 0.6) is 0 Å². The molecule has 3 rings (SSSR count). The fraction of sp³-hybridized carbons (Fsp3) is 0. The number of hydrogen-bond donors (Lipinski definition) is 1. The molecule has 0 aliphatic carbocycles. The maximum Gasteiger partial charge on any atom is 0.102 e. The number of rotatable bonds is 3. The Bertz CT molecular complexity index is 794. The van der Waals surface area contributed by atoms with Crippen LogP contribution in [-0.2, 0) is 0 Å². The molecule has 0 saturated carbocycles. The Labute approximate surface area is 121 Å². The van der Waals surface area contributed by atoms with Crippen LogP contribution in [0.3, 0.4) is 0 Å². The van der Waals surface area contributed by atoms with Gasteiger partial charge < -0.3 is 15.6 Å². The second-order valence-corrected chi connectivity index (χ2v) is 4.58. The number of carboxylic acids is 1. The van der Waals surface area contributed by atoms with E-state index in [-0.39, 0.29) is 5.56 Å². The third-order valence-corrected chi connectivity index (χ3v) is 3.11. The number of anilines is 1. The number of aromatic nitrogens is 2. The lowest BCUT2D eigenvalue weighted by Gasteiger charge is -2.03. The molecule has 1 heterocycles. The molecule has 0 aliphatic heterocycles. The van der Waals surface area contributed by atoms with E-state index in [9.17, 15) is 9.90 Å². The molecule has 0 saturated heterocycles. The second kappa shape index (κ2) is 5.13. The van der Waals surface area contributed by atoms with Crippen LogP contribution in [-0.4, -0.2) is 15.7 Å². The lowest BCUT2D eigenvalue weighted by molar-refractivity contribution is -0.254. The summed E-state index contributed by atoms with van der Waals surface area (Å²) in [6.07, 6.45) is 1.45. The third kappa shape index (κ3) is 2.49. The highest BCUT2D eigenvalue weighted by molar-refractivity contribution is 5.93. The summed E-state index contributed by atoms with van der Waals surface area (Å²) in [4.78, 5) is 11.3. The van der Waals surface area contributed by atoms with E-state index in [2.05, 4.69) is 5.10 Å². The minimum atomic E-state index is -1.27. The van der Waals surface area contributed by atoms with Gasteiger partial charge in [-0.2, -0.15) is 5.10 Å². The number of nitrogens with zero attached hydrogens (tertiary/aromatic N) is 2. The molecule has 2 N–H and O–H groups in total. The van der Waals surface area contributed by atoms with Gasteiger partial charge in [0.1, 0.15) is 5.69 Å². The lowest BCUT2D eigenvalue weighted by Crippen LogP contribution is -2.22. The molecule has 0 bridgehead atoms. The summed E-state index contributed by atoms with van der Waals surface area (Å²) in [6.45, 7) is 0. The van der Waals surface area contributed by atoms with Gasteiger partial charge in [0, 0.05) is 23.0 Å². The Balaban J connectivity index is 2.16. The van der Waals surface area contributed by atoms with Gasteiger partial charge >= 0.3 is 0 Å². The van der Waals surface area contributed by atoms with Gasteiger partial charge in [-0.1, -0.05) is 30.3 Å². The molecule has 0 spiro atoms. The number of aromatic carboxylic acids is 1. The normalized spacial score (nSPS) is 10.5. The Morgan fingerprint density at radius 3 is 2.52 bits per heavy atom. The Morgan fingerprint density at radius 2 is 1.86 bits per heavy atom. The molecule has 0 atom stereocenters. The molecule has 5 nitrogen and oxygen atoms in total. The summed E-state index contributed by atoms with van der Waals surface area (Å²) in [6, 6.07) is 16.2. The van der Waals surface area contributed by atoms with E-state index in [0.29, 0.717) is 16.9 Å². The maximum atomic E-state index is 11.3. The third-order valence-electron chi connectivity index (χ3n) is 3.11. The van der Waals surface area contributed by atoms with E-state index in [0.717, 1.165) is 5.69 Å². The van der Waals surface area contributed by atoms with Crippen molar-refractivity contribution in [2.45, 2.75) is 0 Å². The van der Waals surface area contributed by atoms with Crippen molar-refractivity contribution < 1.29 is 9.90 Å². The van der Waals surface area contributed by atoms with E-state index in [4.69, 9.17) is 5.73 Å². The van der Waals surface area contributed by atoms with Gasteiger partial charge in [-0.25, -0.2) is 4.68 Å². The van der Waals surface area contributed by atoms with Crippen LogP contribution < -0.4 is 10.8 Å². The number of carbonyl (C=O) groups is 1. The monoisotopic (exact) mass is 278 g/mol. The van der Waals surface area contributed by atoms with E-state index in [1.165, 1.54) is 10.9 Å². The van der Waals surface area contributed by atoms with Crippen molar-refractivity contribution in [3.05, 3.63) is 66.4 Å². The fourth-order valence-electron chi connectivity index (χ4n) is 2.14. The maximum absolute atomic E-state index is 11.3. The Hall–Kier alpha value is -3.08. The van der Waals surface area contributed by atoms with Gasteiger partial charge in [-0.15, -0.1) is 0 Å². The first kappa shape index (κ1) is 12.9.